The summed E-state index contributed by atoms with van der Waals surface area (Å²) < 4.78 is 5.90. The molecule has 1 nitrogen and oxygen atoms in total. The summed E-state index contributed by atoms with van der Waals surface area (Å²) in [6.45, 7) is 19.1. The maximum absolute atomic E-state index is 5.90. The lowest BCUT2D eigenvalue weighted by atomic mass is 9.89. The van der Waals surface area contributed by atoms with Crippen LogP contribution >= 0.6 is 0 Å². The van der Waals surface area contributed by atoms with Crippen molar-refractivity contribution >= 4 is 0 Å². The maximum Gasteiger partial charge on any atom is 0.0537 e. The highest BCUT2D eigenvalue weighted by Gasteiger charge is 2.16. The van der Waals surface area contributed by atoms with Crippen LogP contribution in [0, 0.1) is 17.3 Å². The van der Waals surface area contributed by atoms with Gasteiger partial charge in [0.25, 0.3) is 0 Å². The predicted molar refractivity (Wildman–Crippen MR) is 85.4 cm³/mol. The Hall–Kier alpha value is -0.520. The first-order valence-corrected chi connectivity index (χ1v) is 7.76. The second-order valence-corrected chi connectivity index (χ2v) is 7.17. The van der Waals surface area contributed by atoms with Gasteiger partial charge in [0, 0.05) is 12.5 Å². The van der Waals surface area contributed by atoms with E-state index in [1.165, 1.54) is 18.4 Å². The van der Waals surface area contributed by atoms with E-state index in [2.05, 4.69) is 53.9 Å². The van der Waals surface area contributed by atoms with Crippen molar-refractivity contribution < 1.29 is 4.74 Å². The normalized spacial score (nSPS) is 13.4. The molecule has 0 aliphatic rings. The second-order valence-electron chi connectivity index (χ2n) is 7.17. The average molecular weight is 266 g/mol. The van der Waals surface area contributed by atoms with E-state index in [0.717, 1.165) is 26.1 Å². The summed E-state index contributed by atoms with van der Waals surface area (Å²) in [7, 11) is 0. The topological polar surface area (TPSA) is 9.23 Å². The minimum Gasteiger partial charge on any atom is -0.381 e. The van der Waals surface area contributed by atoms with Crippen LogP contribution < -0.4 is 0 Å². The Morgan fingerprint density at radius 1 is 1.26 bits per heavy atom. The Morgan fingerprint density at radius 2 is 1.89 bits per heavy atom. The van der Waals surface area contributed by atoms with E-state index in [1.54, 1.807) is 0 Å². The number of hydrogen-bond acceptors (Lipinski definition) is 1. The van der Waals surface area contributed by atoms with E-state index in [-0.39, 0.29) is 0 Å². The molecule has 0 heterocycles. The lowest BCUT2D eigenvalue weighted by Crippen LogP contribution is -2.16. The molecule has 0 saturated heterocycles. The van der Waals surface area contributed by atoms with Crippen LogP contribution in [-0.2, 0) is 4.74 Å². The fourth-order valence-corrected chi connectivity index (χ4v) is 2.13. The number of rotatable bonds is 9. The largest absolute Gasteiger partial charge is 0.381 e. The van der Waals surface area contributed by atoms with Crippen LogP contribution in [-0.4, -0.2) is 13.2 Å². The summed E-state index contributed by atoms with van der Waals surface area (Å²) in [6.07, 6.45) is 4.58. The van der Waals surface area contributed by atoms with Crippen molar-refractivity contribution in [1.29, 1.82) is 0 Å². The Kier molecular flexibility index (Phi) is 9.14. The van der Waals surface area contributed by atoms with Crippen molar-refractivity contribution in [3.63, 3.8) is 0 Å². The van der Waals surface area contributed by atoms with Crippen molar-refractivity contribution in [2.45, 2.75) is 67.2 Å². The van der Waals surface area contributed by atoms with E-state index in [0.29, 0.717) is 17.3 Å². The van der Waals surface area contributed by atoms with E-state index in [4.69, 9.17) is 4.74 Å². The molecule has 0 aliphatic heterocycles. The fourth-order valence-electron chi connectivity index (χ4n) is 2.13. The molecule has 1 unspecified atom stereocenters. The van der Waals surface area contributed by atoms with Gasteiger partial charge in [0.2, 0.25) is 0 Å². The average Bonchev–Trinajstić information content (AvgIpc) is 2.28. The molecule has 0 rings (SSSR count). The van der Waals surface area contributed by atoms with Crippen LogP contribution in [0.1, 0.15) is 67.2 Å². The minimum absolute atomic E-state index is 0.356. The molecule has 1 heteroatoms. The van der Waals surface area contributed by atoms with E-state index < -0.39 is 0 Å². The Bertz CT molecular complexity index is 277. The van der Waals surface area contributed by atoms with Crippen molar-refractivity contribution in [2.24, 2.45) is 17.3 Å². The summed E-state index contributed by atoms with van der Waals surface area (Å²) in [5.41, 5.74) is 4.87. The molecule has 0 amide bonds. The van der Waals surface area contributed by atoms with Crippen LogP contribution in [0.4, 0.5) is 0 Å². The maximum atomic E-state index is 5.90. The molecule has 19 heavy (non-hydrogen) atoms. The third-order valence-electron chi connectivity index (χ3n) is 3.30. The molecule has 1 atom stereocenters. The van der Waals surface area contributed by atoms with Crippen LogP contribution in [0.5, 0.6) is 0 Å². The third-order valence-corrected chi connectivity index (χ3v) is 3.30. The zero-order chi connectivity index (χ0) is 14.9. The van der Waals surface area contributed by atoms with E-state index in [9.17, 15) is 0 Å². The zero-order valence-corrected chi connectivity index (χ0v) is 14.0. The molecule has 0 bridgehead atoms. The molecule has 0 radical (unpaired) electrons. The Labute approximate surface area is 121 Å². The van der Waals surface area contributed by atoms with Gasteiger partial charge < -0.3 is 4.74 Å². The van der Waals surface area contributed by atoms with Gasteiger partial charge in [0.1, 0.15) is 0 Å². The van der Waals surface area contributed by atoms with Gasteiger partial charge in [-0.15, -0.1) is 5.73 Å². The van der Waals surface area contributed by atoms with Crippen LogP contribution in [0.25, 0.3) is 0 Å². The molecule has 0 aromatic carbocycles. The quantitative estimate of drug-likeness (QED) is 0.389. The summed E-state index contributed by atoms with van der Waals surface area (Å²) >= 11 is 0. The number of ether oxygens (including phenoxy) is 1. The molecule has 0 N–H and O–H groups in total. The molecule has 0 aliphatic carbocycles. The van der Waals surface area contributed by atoms with Crippen molar-refractivity contribution in [2.75, 3.05) is 13.2 Å². The highest BCUT2D eigenvalue weighted by Crippen LogP contribution is 2.24. The first kappa shape index (κ1) is 18.5. The van der Waals surface area contributed by atoms with E-state index in [1.807, 2.05) is 0 Å². The Balaban J connectivity index is 4.28. The summed E-state index contributed by atoms with van der Waals surface area (Å²) in [4.78, 5) is 0. The molecule has 0 saturated carbocycles. The molecular weight excluding hydrogens is 232 g/mol. The van der Waals surface area contributed by atoms with Crippen LogP contribution in [0.3, 0.4) is 0 Å². The van der Waals surface area contributed by atoms with E-state index >= 15 is 0 Å². The summed E-state index contributed by atoms with van der Waals surface area (Å²) in [5.74, 6) is 1.17. The summed E-state index contributed by atoms with van der Waals surface area (Å²) in [6, 6.07) is 0. The molecule has 112 valence electrons. The Morgan fingerprint density at radius 3 is 2.32 bits per heavy atom. The summed E-state index contributed by atoms with van der Waals surface area (Å²) in [5, 5.41) is 0. The highest BCUT2D eigenvalue weighted by atomic mass is 16.5. The SMILES string of the molecule is C=C=C(CC(C)C)C(CCC)COCCC(C)(C)C. The predicted octanol–water partition coefficient (Wildman–Crippen LogP) is 5.61. The number of hydrogen-bond donors (Lipinski definition) is 0. The minimum atomic E-state index is 0.356. The molecule has 0 fully saturated rings. The van der Waals surface area contributed by atoms with Gasteiger partial charge >= 0.3 is 0 Å². The molecular formula is C18H34O. The van der Waals surface area contributed by atoms with Crippen molar-refractivity contribution in [3.8, 4) is 0 Å². The molecule has 0 aromatic rings. The molecule has 0 spiro atoms. The third kappa shape index (κ3) is 9.99. The fraction of sp³-hybridized carbons (Fsp3) is 0.833. The zero-order valence-electron chi connectivity index (χ0n) is 14.0. The van der Waals surface area contributed by atoms with Gasteiger partial charge in [-0.1, -0.05) is 54.5 Å². The monoisotopic (exact) mass is 266 g/mol. The van der Waals surface area contributed by atoms with Gasteiger partial charge in [-0.3, -0.25) is 0 Å². The van der Waals surface area contributed by atoms with Crippen LogP contribution in [0.2, 0.25) is 0 Å². The van der Waals surface area contributed by atoms with Gasteiger partial charge in [0.15, 0.2) is 0 Å². The van der Waals surface area contributed by atoms with Gasteiger partial charge in [-0.25, -0.2) is 0 Å². The van der Waals surface area contributed by atoms with Gasteiger partial charge in [0.05, 0.1) is 6.61 Å². The molecule has 0 aromatic heterocycles. The van der Waals surface area contributed by atoms with Gasteiger partial charge in [-0.05, 0) is 36.2 Å². The second kappa shape index (κ2) is 9.39. The highest BCUT2D eigenvalue weighted by molar-refractivity contribution is 5.05. The lowest BCUT2D eigenvalue weighted by molar-refractivity contribution is 0.0846. The van der Waals surface area contributed by atoms with Crippen molar-refractivity contribution in [3.05, 3.63) is 17.9 Å². The lowest BCUT2D eigenvalue weighted by Gasteiger charge is -2.22. The standard InChI is InChI=1S/C18H34O/c1-8-10-17(16(9-2)13-15(3)4)14-19-12-11-18(5,6)7/h15,17H,2,8,10-14H2,1,3-7H3. The first-order chi connectivity index (χ1) is 8.80. The smallest absolute Gasteiger partial charge is 0.0537 e. The van der Waals surface area contributed by atoms with Crippen LogP contribution in [0.15, 0.2) is 17.9 Å². The first-order valence-electron chi connectivity index (χ1n) is 7.76. The van der Waals surface area contributed by atoms with Gasteiger partial charge in [-0.2, -0.15) is 0 Å². The van der Waals surface area contributed by atoms with Crippen molar-refractivity contribution in [1.82, 2.24) is 0 Å².